The predicted molar refractivity (Wildman–Crippen MR) is 90.4 cm³/mol. The van der Waals surface area contributed by atoms with E-state index >= 15 is 0 Å². The number of nitrogens with zero attached hydrogens (tertiary/aromatic N) is 3. The van der Waals surface area contributed by atoms with E-state index in [1.54, 1.807) is 6.34 Å². The van der Waals surface area contributed by atoms with Gasteiger partial charge in [0, 0.05) is 5.92 Å². The van der Waals surface area contributed by atoms with Crippen molar-refractivity contribution in [3.63, 3.8) is 0 Å². The molecule has 3 rings (SSSR count). The number of carbonyl (C=O) groups excluding carboxylic acids is 1. The van der Waals surface area contributed by atoms with Crippen LogP contribution in [0.4, 0.5) is 0 Å². The van der Waals surface area contributed by atoms with Crippen molar-refractivity contribution < 1.29 is 14.3 Å². The van der Waals surface area contributed by atoms with Crippen LogP contribution >= 0.6 is 0 Å². The fourth-order valence-corrected chi connectivity index (χ4v) is 3.66. The molecule has 0 spiro atoms. The highest BCUT2D eigenvalue weighted by molar-refractivity contribution is 5.97. The van der Waals surface area contributed by atoms with E-state index < -0.39 is 0 Å². The predicted octanol–water partition coefficient (Wildman–Crippen LogP) is 0.769. The van der Waals surface area contributed by atoms with Gasteiger partial charge in [0.05, 0.1) is 18.8 Å². The molecule has 0 radical (unpaired) electrons. The lowest BCUT2D eigenvalue weighted by Crippen LogP contribution is -2.53. The monoisotopic (exact) mass is 335 g/mol. The van der Waals surface area contributed by atoms with Crippen LogP contribution in [-0.4, -0.2) is 66.4 Å². The molecule has 0 aromatic rings. The first kappa shape index (κ1) is 17.0. The molecule has 1 fully saturated rings. The summed E-state index contributed by atoms with van der Waals surface area (Å²) in [5, 5.41) is 10.7. The van der Waals surface area contributed by atoms with Crippen LogP contribution in [0.5, 0.6) is 0 Å². The maximum atomic E-state index is 11.4. The second kappa shape index (κ2) is 6.98. The van der Waals surface area contributed by atoms with E-state index in [1.165, 1.54) is 13.3 Å². The Balaban J connectivity index is 1.82. The number of rotatable bonds is 6. The number of hydrogen-bond donors (Lipinski definition) is 2. The summed E-state index contributed by atoms with van der Waals surface area (Å²) in [7, 11) is 0. The Labute approximate surface area is 141 Å². The van der Waals surface area contributed by atoms with Crippen molar-refractivity contribution in [3.05, 3.63) is 0 Å². The van der Waals surface area contributed by atoms with Gasteiger partial charge in [0.15, 0.2) is 18.2 Å². The number of amidine groups is 1. The minimum atomic E-state index is -0.346. The van der Waals surface area contributed by atoms with Crippen LogP contribution in [0.3, 0.4) is 0 Å². The summed E-state index contributed by atoms with van der Waals surface area (Å²) in [6.45, 7) is 5.81. The smallest absolute Gasteiger partial charge is 0.159 e. The highest BCUT2D eigenvalue weighted by Gasteiger charge is 2.50. The number of aliphatic imine (C=N–C) groups is 2. The molecule has 3 heterocycles. The number of hydrogen-bond acceptors (Lipinski definition) is 7. The second-order valence-electron chi connectivity index (χ2n) is 6.43. The van der Waals surface area contributed by atoms with E-state index in [0.29, 0.717) is 5.84 Å². The van der Waals surface area contributed by atoms with Crippen molar-refractivity contribution in [3.8, 4) is 0 Å². The number of nitrogens with one attached hydrogen (secondary N) is 2. The molecular formula is C16H25N5O3. The lowest BCUT2D eigenvalue weighted by atomic mass is 9.93. The first-order chi connectivity index (χ1) is 11.6. The number of fused-ring (bicyclic) bond motifs is 1. The summed E-state index contributed by atoms with van der Waals surface area (Å²) in [5.74, 6) is 0.544. The standard InChI is InChI=1S/C16H25N5O3/c1-4-10-11(5-2)24-16(13(10)23-6-9(3)22)21-8-20-12-14(17)18-7-19-15(12)21/h7-8,10-13,15-16H,4-6H2,1-3H3,(H2,17,18,19)/t10?,11-,12?,13+,15?,16-/m1/s1. The molecule has 3 aliphatic heterocycles. The first-order valence-corrected chi connectivity index (χ1v) is 8.50. The van der Waals surface area contributed by atoms with Crippen molar-refractivity contribution in [2.24, 2.45) is 15.9 Å². The number of ketones is 1. The van der Waals surface area contributed by atoms with E-state index in [-0.39, 0.29) is 49.0 Å². The third-order valence-electron chi connectivity index (χ3n) is 4.83. The molecule has 8 nitrogen and oxygen atoms in total. The molecule has 24 heavy (non-hydrogen) atoms. The van der Waals surface area contributed by atoms with Gasteiger partial charge in [-0.25, -0.2) is 4.99 Å². The average molecular weight is 335 g/mol. The zero-order valence-electron chi connectivity index (χ0n) is 14.3. The molecule has 0 saturated carbocycles. The molecule has 6 atom stereocenters. The molecule has 132 valence electrons. The van der Waals surface area contributed by atoms with Gasteiger partial charge in [-0.1, -0.05) is 13.8 Å². The van der Waals surface area contributed by atoms with Crippen LogP contribution < -0.4 is 5.32 Å². The lowest BCUT2D eigenvalue weighted by molar-refractivity contribution is -0.129. The van der Waals surface area contributed by atoms with Crippen molar-refractivity contribution in [1.29, 1.82) is 5.41 Å². The van der Waals surface area contributed by atoms with Gasteiger partial charge < -0.3 is 19.7 Å². The van der Waals surface area contributed by atoms with Crippen molar-refractivity contribution in [2.45, 2.75) is 64.3 Å². The minimum absolute atomic E-state index is 0.00168. The Morgan fingerprint density at radius 1 is 1.42 bits per heavy atom. The molecule has 0 aliphatic carbocycles. The van der Waals surface area contributed by atoms with E-state index in [1.807, 2.05) is 4.90 Å². The van der Waals surface area contributed by atoms with E-state index in [2.05, 4.69) is 29.1 Å². The fraction of sp³-hybridized carbons (Fsp3) is 0.750. The molecule has 3 aliphatic rings. The highest BCUT2D eigenvalue weighted by atomic mass is 16.6. The summed E-state index contributed by atoms with van der Waals surface area (Å²) >= 11 is 0. The third kappa shape index (κ3) is 2.95. The summed E-state index contributed by atoms with van der Waals surface area (Å²) < 4.78 is 12.2. The van der Waals surface area contributed by atoms with Gasteiger partial charge in [-0.3, -0.25) is 15.2 Å². The Kier molecular flexibility index (Phi) is 4.96. The number of ether oxygens (including phenoxy) is 2. The molecule has 0 bridgehead atoms. The van der Waals surface area contributed by atoms with Crippen LogP contribution in [0, 0.1) is 11.3 Å². The van der Waals surface area contributed by atoms with Gasteiger partial charge in [0.25, 0.3) is 0 Å². The summed E-state index contributed by atoms with van der Waals surface area (Å²) in [4.78, 5) is 22.1. The van der Waals surface area contributed by atoms with Gasteiger partial charge in [0.2, 0.25) is 0 Å². The third-order valence-corrected chi connectivity index (χ3v) is 4.83. The first-order valence-electron chi connectivity index (χ1n) is 8.50. The number of carbonyl (C=O) groups is 1. The SMILES string of the molecule is CCC1[C@@H](CC)O[C@@H](N2C=NC3C(=N)NC=NC32)[C@H]1OCC(C)=O. The normalized spacial score (nSPS) is 37.6. The van der Waals surface area contributed by atoms with Gasteiger partial charge in [0.1, 0.15) is 24.6 Å². The van der Waals surface area contributed by atoms with Gasteiger partial charge in [-0.2, -0.15) is 0 Å². The van der Waals surface area contributed by atoms with Crippen LogP contribution in [-0.2, 0) is 14.3 Å². The van der Waals surface area contributed by atoms with Crippen molar-refractivity contribution in [1.82, 2.24) is 10.2 Å². The van der Waals surface area contributed by atoms with E-state index in [4.69, 9.17) is 14.9 Å². The molecular weight excluding hydrogens is 310 g/mol. The lowest BCUT2D eigenvalue weighted by Gasteiger charge is -2.34. The molecule has 0 amide bonds. The Morgan fingerprint density at radius 2 is 2.21 bits per heavy atom. The molecule has 0 aromatic carbocycles. The Morgan fingerprint density at radius 3 is 2.88 bits per heavy atom. The highest BCUT2D eigenvalue weighted by Crippen LogP contribution is 2.37. The Bertz CT molecular complexity index is 564. The van der Waals surface area contributed by atoms with Crippen molar-refractivity contribution in [2.75, 3.05) is 6.61 Å². The average Bonchev–Trinajstić information content (AvgIpc) is 3.13. The molecule has 0 aromatic heterocycles. The quantitative estimate of drug-likeness (QED) is 0.747. The fourth-order valence-electron chi connectivity index (χ4n) is 3.66. The molecule has 3 unspecified atom stereocenters. The van der Waals surface area contributed by atoms with Gasteiger partial charge in [-0.15, -0.1) is 0 Å². The maximum Gasteiger partial charge on any atom is 0.159 e. The van der Waals surface area contributed by atoms with E-state index in [9.17, 15) is 4.79 Å². The second-order valence-corrected chi connectivity index (χ2v) is 6.43. The van der Waals surface area contributed by atoms with Crippen LogP contribution in [0.15, 0.2) is 9.98 Å². The molecule has 2 N–H and O–H groups in total. The zero-order valence-corrected chi connectivity index (χ0v) is 14.3. The summed E-state index contributed by atoms with van der Waals surface area (Å²) in [5.41, 5.74) is 0. The van der Waals surface area contributed by atoms with Crippen molar-refractivity contribution >= 4 is 24.3 Å². The summed E-state index contributed by atoms with van der Waals surface area (Å²) in [6, 6.07) is -0.340. The minimum Gasteiger partial charge on any atom is -0.365 e. The number of Topliss-reactive ketones (excluding diaryl/α,β-unsaturated/α-hetero) is 1. The van der Waals surface area contributed by atoms with Crippen LogP contribution in [0.1, 0.15) is 33.6 Å². The van der Waals surface area contributed by atoms with Crippen LogP contribution in [0.25, 0.3) is 0 Å². The zero-order chi connectivity index (χ0) is 17.3. The Hall–Kier alpha value is -1.80. The van der Waals surface area contributed by atoms with Gasteiger partial charge >= 0.3 is 0 Å². The maximum absolute atomic E-state index is 11.4. The summed E-state index contributed by atoms with van der Waals surface area (Å²) in [6.07, 6.45) is 4.25. The van der Waals surface area contributed by atoms with Gasteiger partial charge in [-0.05, 0) is 19.8 Å². The van der Waals surface area contributed by atoms with Crippen LogP contribution in [0.2, 0.25) is 0 Å². The topological polar surface area (TPSA) is 99.4 Å². The molecule has 1 saturated heterocycles. The largest absolute Gasteiger partial charge is 0.365 e. The van der Waals surface area contributed by atoms with E-state index in [0.717, 1.165) is 12.8 Å². The molecule has 8 heteroatoms.